The third kappa shape index (κ3) is 4.85. The number of nitrogens with one attached hydrogen (secondary N) is 1. The minimum Gasteiger partial charge on any atom is -0.382 e. The molecule has 1 aromatic rings. The molecule has 1 aromatic carbocycles. The molecule has 0 radical (unpaired) electrons. The molecule has 0 amide bonds. The summed E-state index contributed by atoms with van der Waals surface area (Å²) in [7, 11) is 0. The van der Waals surface area contributed by atoms with Gasteiger partial charge in [-0.15, -0.1) is 0 Å². The molecule has 2 saturated heterocycles. The van der Waals surface area contributed by atoms with E-state index in [2.05, 4.69) is 53.2 Å². The number of rotatable bonds is 5. The van der Waals surface area contributed by atoms with Gasteiger partial charge in [-0.2, -0.15) is 0 Å². The number of hydrogen-bond donors (Lipinski definition) is 1. The fourth-order valence-corrected chi connectivity index (χ4v) is 3.63. The molecule has 0 aromatic heterocycles. The Labute approximate surface area is 140 Å². The third-order valence-electron chi connectivity index (χ3n) is 4.80. The summed E-state index contributed by atoms with van der Waals surface area (Å²) in [6, 6.07) is 9.48. The van der Waals surface area contributed by atoms with Crippen LogP contribution in [-0.4, -0.2) is 56.9 Å². The van der Waals surface area contributed by atoms with Gasteiger partial charge in [-0.05, 0) is 37.0 Å². The van der Waals surface area contributed by atoms with Gasteiger partial charge in [-0.3, -0.25) is 0 Å². The van der Waals surface area contributed by atoms with E-state index in [4.69, 9.17) is 4.74 Å². The van der Waals surface area contributed by atoms with Crippen molar-refractivity contribution in [2.45, 2.75) is 32.7 Å². The van der Waals surface area contributed by atoms with Crippen molar-refractivity contribution in [1.82, 2.24) is 4.90 Å². The van der Waals surface area contributed by atoms with Gasteiger partial charge in [-0.25, -0.2) is 0 Å². The molecule has 0 atom stereocenters. The lowest BCUT2D eigenvalue weighted by Gasteiger charge is -2.34. The first kappa shape index (κ1) is 16.6. The molecule has 128 valence electrons. The minimum atomic E-state index is 0.610. The molecule has 0 aliphatic carbocycles. The zero-order chi connectivity index (χ0) is 16.1. The quantitative estimate of drug-likeness (QED) is 0.903. The molecule has 2 heterocycles. The SMILES string of the molecule is CC(C)CN1CCC(Nc2cccc(N3CCOCC3)c2)CC1. The number of benzene rings is 1. The summed E-state index contributed by atoms with van der Waals surface area (Å²) < 4.78 is 5.45. The van der Waals surface area contributed by atoms with Crippen molar-refractivity contribution in [2.24, 2.45) is 5.92 Å². The monoisotopic (exact) mass is 317 g/mol. The number of anilines is 2. The van der Waals surface area contributed by atoms with E-state index < -0.39 is 0 Å². The predicted molar refractivity (Wildman–Crippen MR) is 97.4 cm³/mol. The highest BCUT2D eigenvalue weighted by Gasteiger charge is 2.19. The maximum atomic E-state index is 5.45. The summed E-state index contributed by atoms with van der Waals surface area (Å²) in [6.07, 6.45) is 2.49. The normalized spacial score (nSPS) is 20.9. The summed E-state index contributed by atoms with van der Waals surface area (Å²) in [5.41, 5.74) is 2.58. The number of piperidine rings is 1. The van der Waals surface area contributed by atoms with E-state index >= 15 is 0 Å². The number of hydrogen-bond acceptors (Lipinski definition) is 4. The van der Waals surface area contributed by atoms with Gasteiger partial charge in [-0.1, -0.05) is 19.9 Å². The van der Waals surface area contributed by atoms with Crippen molar-refractivity contribution in [3.05, 3.63) is 24.3 Å². The number of ether oxygens (including phenoxy) is 1. The smallest absolute Gasteiger partial charge is 0.0642 e. The van der Waals surface area contributed by atoms with Gasteiger partial charge in [0, 0.05) is 50.1 Å². The molecule has 0 unspecified atom stereocenters. The molecular weight excluding hydrogens is 286 g/mol. The van der Waals surface area contributed by atoms with Crippen LogP contribution in [-0.2, 0) is 4.74 Å². The molecule has 1 N–H and O–H groups in total. The molecule has 2 aliphatic rings. The van der Waals surface area contributed by atoms with Crippen molar-refractivity contribution < 1.29 is 4.74 Å². The lowest BCUT2D eigenvalue weighted by atomic mass is 10.0. The van der Waals surface area contributed by atoms with E-state index in [0.29, 0.717) is 6.04 Å². The lowest BCUT2D eigenvalue weighted by Crippen LogP contribution is -2.40. The van der Waals surface area contributed by atoms with Crippen LogP contribution in [0.25, 0.3) is 0 Å². The molecule has 0 saturated carbocycles. The van der Waals surface area contributed by atoms with Crippen LogP contribution >= 0.6 is 0 Å². The second-order valence-electron chi connectivity index (χ2n) is 7.26. The summed E-state index contributed by atoms with van der Waals surface area (Å²) >= 11 is 0. The molecule has 3 rings (SSSR count). The van der Waals surface area contributed by atoms with Crippen LogP contribution in [0.4, 0.5) is 11.4 Å². The molecule has 2 aliphatic heterocycles. The van der Waals surface area contributed by atoms with E-state index in [0.717, 1.165) is 32.2 Å². The average molecular weight is 317 g/mol. The maximum absolute atomic E-state index is 5.45. The van der Waals surface area contributed by atoms with Crippen LogP contribution in [0.2, 0.25) is 0 Å². The lowest BCUT2D eigenvalue weighted by molar-refractivity contribution is 0.122. The van der Waals surface area contributed by atoms with E-state index in [-0.39, 0.29) is 0 Å². The summed E-state index contributed by atoms with van der Waals surface area (Å²) in [4.78, 5) is 5.02. The Morgan fingerprint density at radius 2 is 1.87 bits per heavy atom. The number of likely N-dealkylation sites (tertiary alicyclic amines) is 1. The Bertz CT molecular complexity index is 477. The van der Waals surface area contributed by atoms with Crippen LogP contribution in [0, 0.1) is 5.92 Å². The Morgan fingerprint density at radius 3 is 2.57 bits per heavy atom. The zero-order valence-electron chi connectivity index (χ0n) is 14.6. The first-order valence-corrected chi connectivity index (χ1v) is 9.12. The van der Waals surface area contributed by atoms with Crippen molar-refractivity contribution >= 4 is 11.4 Å². The van der Waals surface area contributed by atoms with Crippen LogP contribution in [0.5, 0.6) is 0 Å². The highest BCUT2D eigenvalue weighted by molar-refractivity contribution is 5.58. The standard InChI is InChI=1S/C19H31N3O/c1-16(2)15-21-8-6-17(7-9-21)20-18-4-3-5-19(14-18)22-10-12-23-13-11-22/h3-5,14,16-17,20H,6-13,15H2,1-2H3. The van der Waals surface area contributed by atoms with Gasteiger partial charge in [0.15, 0.2) is 0 Å². The fourth-order valence-electron chi connectivity index (χ4n) is 3.63. The van der Waals surface area contributed by atoms with Gasteiger partial charge >= 0.3 is 0 Å². The van der Waals surface area contributed by atoms with Crippen molar-refractivity contribution in [1.29, 1.82) is 0 Å². The summed E-state index contributed by atoms with van der Waals surface area (Å²) in [5.74, 6) is 0.768. The Hall–Kier alpha value is -1.26. The van der Waals surface area contributed by atoms with Crippen molar-refractivity contribution in [3.63, 3.8) is 0 Å². The molecule has 4 heteroatoms. The van der Waals surface area contributed by atoms with Crippen LogP contribution < -0.4 is 10.2 Å². The second kappa shape index (κ2) is 8.02. The van der Waals surface area contributed by atoms with E-state index in [1.165, 1.54) is 43.9 Å². The van der Waals surface area contributed by atoms with Gasteiger partial charge in [0.25, 0.3) is 0 Å². The van der Waals surface area contributed by atoms with Crippen molar-refractivity contribution in [3.8, 4) is 0 Å². The maximum Gasteiger partial charge on any atom is 0.0642 e. The Kier molecular flexibility index (Phi) is 5.79. The average Bonchev–Trinajstić information content (AvgIpc) is 2.57. The van der Waals surface area contributed by atoms with E-state index in [1.54, 1.807) is 0 Å². The molecular formula is C19H31N3O. The van der Waals surface area contributed by atoms with Crippen LogP contribution in [0.3, 0.4) is 0 Å². The van der Waals surface area contributed by atoms with Gasteiger partial charge in [0.05, 0.1) is 13.2 Å². The number of nitrogens with zero attached hydrogens (tertiary/aromatic N) is 2. The first-order valence-electron chi connectivity index (χ1n) is 9.12. The van der Waals surface area contributed by atoms with Crippen LogP contribution in [0.1, 0.15) is 26.7 Å². The van der Waals surface area contributed by atoms with Gasteiger partial charge < -0.3 is 19.9 Å². The van der Waals surface area contributed by atoms with E-state index in [1.807, 2.05) is 0 Å². The summed E-state index contributed by atoms with van der Waals surface area (Å²) in [6.45, 7) is 12.0. The number of morpholine rings is 1. The molecule has 0 bridgehead atoms. The second-order valence-corrected chi connectivity index (χ2v) is 7.26. The topological polar surface area (TPSA) is 27.7 Å². The first-order chi connectivity index (χ1) is 11.2. The van der Waals surface area contributed by atoms with Crippen LogP contribution in [0.15, 0.2) is 24.3 Å². The largest absolute Gasteiger partial charge is 0.382 e. The predicted octanol–water partition coefficient (Wildman–Crippen LogP) is 3.06. The summed E-state index contributed by atoms with van der Waals surface area (Å²) in [5, 5.41) is 3.75. The third-order valence-corrected chi connectivity index (χ3v) is 4.80. The zero-order valence-corrected chi connectivity index (χ0v) is 14.6. The highest BCUT2D eigenvalue weighted by atomic mass is 16.5. The molecule has 2 fully saturated rings. The highest BCUT2D eigenvalue weighted by Crippen LogP contribution is 2.23. The minimum absolute atomic E-state index is 0.610. The van der Waals surface area contributed by atoms with Gasteiger partial charge in [0.2, 0.25) is 0 Å². The molecule has 0 spiro atoms. The van der Waals surface area contributed by atoms with Gasteiger partial charge in [0.1, 0.15) is 0 Å². The Morgan fingerprint density at radius 1 is 1.13 bits per heavy atom. The fraction of sp³-hybridized carbons (Fsp3) is 0.684. The van der Waals surface area contributed by atoms with E-state index in [9.17, 15) is 0 Å². The molecule has 4 nitrogen and oxygen atoms in total. The molecule has 23 heavy (non-hydrogen) atoms. The Balaban J connectivity index is 1.52. The van der Waals surface area contributed by atoms with Crippen molar-refractivity contribution in [2.75, 3.05) is 56.2 Å².